The fraction of sp³-hybridized carbons (Fsp3) is 0.562. The highest BCUT2D eigenvalue weighted by Gasteiger charge is 2.29. The quantitative estimate of drug-likeness (QED) is 0.0906. The van der Waals surface area contributed by atoms with Gasteiger partial charge in [-0.2, -0.15) is 5.06 Å². The van der Waals surface area contributed by atoms with Crippen LogP contribution < -0.4 is 32.3 Å². The van der Waals surface area contributed by atoms with E-state index in [2.05, 4.69) is 26.6 Å². The average Bonchev–Trinajstić information content (AvgIpc) is 3.37. The van der Waals surface area contributed by atoms with Crippen LogP contribution in [0.4, 0.5) is 10.5 Å². The molecule has 2 aliphatic heterocycles. The average molecular weight is 657 g/mol. The fourth-order valence-corrected chi connectivity index (χ4v) is 5.07. The molecule has 0 radical (unpaired) electrons. The van der Waals surface area contributed by atoms with Crippen molar-refractivity contribution in [3.05, 3.63) is 42.0 Å². The Hall–Kier alpha value is -4.34. The van der Waals surface area contributed by atoms with E-state index < -0.39 is 29.9 Å². The van der Waals surface area contributed by atoms with Gasteiger partial charge in [0.2, 0.25) is 17.7 Å². The molecule has 15 heteroatoms. The van der Waals surface area contributed by atoms with Crippen LogP contribution in [0.5, 0.6) is 0 Å². The first-order chi connectivity index (χ1) is 22.5. The summed E-state index contributed by atoms with van der Waals surface area (Å²) in [7, 11) is 0. The van der Waals surface area contributed by atoms with E-state index in [0.29, 0.717) is 38.0 Å². The Morgan fingerprint density at radius 2 is 1.60 bits per heavy atom. The summed E-state index contributed by atoms with van der Waals surface area (Å²) in [4.78, 5) is 80.8. The van der Waals surface area contributed by atoms with E-state index in [4.69, 9.17) is 10.6 Å². The summed E-state index contributed by atoms with van der Waals surface area (Å²) >= 11 is 0. The van der Waals surface area contributed by atoms with Gasteiger partial charge in [-0.1, -0.05) is 32.4 Å². The number of anilines is 1. The second-order valence-corrected chi connectivity index (χ2v) is 11.9. The molecule has 47 heavy (non-hydrogen) atoms. The predicted octanol–water partition coefficient (Wildman–Crippen LogP) is 0.521. The minimum absolute atomic E-state index is 0.162. The van der Waals surface area contributed by atoms with Gasteiger partial charge in [0.05, 0.1) is 6.61 Å². The van der Waals surface area contributed by atoms with Crippen LogP contribution in [0.3, 0.4) is 0 Å². The lowest BCUT2D eigenvalue weighted by Gasteiger charge is -2.26. The fourth-order valence-electron chi connectivity index (χ4n) is 5.07. The number of hydrogen-bond acceptors (Lipinski definition) is 9. The van der Waals surface area contributed by atoms with E-state index in [1.165, 1.54) is 12.2 Å². The van der Waals surface area contributed by atoms with Gasteiger partial charge in [-0.05, 0) is 49.3 Å². The number of imide groups is 1. The molecule has 0 bridgehead atoms. The van der Waals surface area contributed by atoms with E-state index in [1.54, 1.807) is 26.0 Å². The number of unbranched alkanes of at least 4 members (excludes halogenated alkanes) is 2. The van der Waals surface area contributed by atoms with Crippen molar-refractivity contribution in [3.63, 3.8) is 0 Å². The number of urea groups is 1. The van der Waals surface area contributed by atoms with Crippen molar-refractivity contribution < 1.29 is 33.6 Å². The van der Waals surface area contributed by atoms with Gasteiger partial charge in [-0.15, -0.1) is 0 Å². The van der Waals surface area contributed by atoms with Gasteiger partial charge in [0.15, 0.2) is 0 Å². The van der Waals surface area contributed by atoms with Gasteiger partial charge in [0.25, 0.3) is 11.8 Å². The van der Waals surface area contributed by atoms with E-state index in [-0.39, 0.29) is 49.6 Å². The molecule has 3 rings (SSSR count). The molecule has 1 saturated heterocycles. The molecule has 258 valence electrons. The molecule has 1 aromatic carbocycles. The zero-order valence-electron chi connectivity index (χ0n) is 27.2. The highest BCUT2D eigenvalue weighted by molar-refractivity contribution is 6.12. The molecule has 0 saturated carbocycles. The minimum Gasteiger partial charge on any atom is -0.352 e. The monoisotopic (exact) mass is 656 g/mol. The third kappa shape index (κ3) is 13.1. The molecule has 2 atom stereocenters. The molecule has 15 nitrogen and oxygen atoms in total. The molecule has 0 unspecified atom stereocenters. The minimum atomic E-state index is -0.948. The molecule has 7 N–H and O–H groups in total. The number of nitrogens with two attached hydrogens (primary N) is 1. The summed E-state index contributed by atoms with van der Waals surface area (Å²) in [5, 5.41) is 16.1. The Kier molecular flexibility index (Phi) is 15.3. The number of hydroxylamine groups is 2. The van der Waals surface area contributed by atoms with E-state index in [0.717, 1.165) is 36.6 Å². The summed E-state index contributed by atoms with van der Waals surface area (Å²) in [6, 6.07) is 4.71. The molecule has 0 aliphatic carbocycles. The molecule has 2 heterocycles. The number of piperazine rings is 1. The molecule has 0 spiro atoms. The lowest BCUT2D eigenvalue weighted by Crippen LogP contribution is -2.54. The topological polar surface area (TPSA) is 204 Å². The Morgan fingerprint density at radius 3 is 2.23 bits per heavy atom. The van der Waals surface area contributed by atoms with E-state index >= 15 is 0 Å². The third-order valence-electron chi connectivity index (χ3n) is 7.76. The number of carbonyl (C=O) groups excluding carboxylic acids is 6. The van der Waals surface area contributed by atoms with Crippen molar-refractivity contribution in [2.24, 2.45) is 11.7 Å². The second kappa shape index (κ2) is 19.4. The Morgan fingerprint density at radius 1 is 0.915 bits per heavy atom. The Bertz CT molecular complexity index is 1250. The van der Waals surface area contributed by atoms with Crippen molar-refractivity contribution in [1.29, 1.82) is 0 Å². The summed E-state index contributed by atoms with van der Waals surface area (Å²) in [6.07, 6.45) is 4.92. The van der Waals surface area contributed by atoms with Gasteiger partial charge >= 0.3 is 6.03 Å². The second-order valence-electron chi connectivity index (χ2n) is 11.9. The van der Waals surface area contributed by atoms with Crippen LogP contribution in [0.25, 0.3) is 0 Å². The van der Waals surface area contributed by atoms with Crippen LogP contribution >= 0.6 is 0 Å². The molecule has 7 amide bonds. The number of rotatable bonds is 19. The van der Waals surface area contributed by atoms with Crippen molar-refractivity contribution in [3.8, 4) is 0 Å². The van der Waals surface area contributed by atoms with Crippen LogP contribution in [0, 0.1) is 5.92 Å². The zero-order chi connectivity index (χ0) is 34.2. The Labute approximate surface area is 275 Å². The maximum absolute atomic E-state index is 13.4. The summed E-state index contributed by atoms with van der Waals surface area (Å²) < 4.78 is 0. The molecule has 0 aromatic heterocycles. The van der Waals surface area contributed by atoms with Gasteiger partial charge in [-0.25, -0.2) is 4.79 Å². The van der Waals surface area contributed by atoms with Gasteiger partial charge in [0, 0.05) is 63.5 Å². The molecular formula is C32H48N8O7. The lowest BCUT2D eigenvalue weighted by molar-refractivity contribution is -0.174. The van der Waals surface area contributed by atoms with Crippen molar-refractivity contribution >= 4 is 41.3 Å². The lowest BCUT2D eigenvalue weighted by atomic mass is 10.0. The first-order valence-corrected chi connectivity index (χ1v) is 16.2. The van der Waals surface area contributed by atoms with Gasteiger partial charge in [-0.3, -0.25) is 33.7 Å². The standard InChI is InChI=1S/C32H48N8O7/c1-22(2)29(38-26(41)8-4-3-5-18-40-27(42)13-14-28(40)43)31(45)37-25(7-6-15-35-32(33)46)30(44)36-24-11-9-23(10-12-24)21-47-39-19-16-34-17-20-39/h9-14,22,25,29,34H,3-8,15-21H2,1-2H3,(H,36,44)(H,37,45)(H,38,41)(H3,33,35,46)/t25-,29-/m0/s1. The van der Waals surface area contributed by atoms with Crippen LogP contribution in [-0.2, 0) is 35.4 Å². The first kappa shape index (κ1) is 37.1. The molecule has 1 fully saturated rings. The highest BCUT2D eigenvalue weighted by atomic mass is 16.7. The van der Waals surface area contributed by atoms with Crippen molar-refractivity contribution in [2.45, 2.75) is 71.1 Å². The number of amides is 7. The SMILES string of the molecule is CC(C)[C@H](NC(=O)CCCCCN1C(=O)C=CC1=O)C(=O)N[C@@H](CCCNC(N)=O)C(=O)Nc1ccc(CON2CCNCC2)cc1. The number of benzene rings is 1. The maximum Gasteiger partial charge on any atom is 0.312 e. The third-order valence-corrected chi connectivity index (χ3v) is 7.76. The van der Waals surface area contributed by atoms with Gasteiger partial charge < -0.3 is 32.3 Å². The number of carbonyl (C=O) groups is 6. The highest BCUT2D eigenvalue weighted by Crippen LogP contribution is 2.14. The van der Waals surface area contributed by atoms with Crippen LogP contribution in [-0.4, -0.2) is 96.9 Å². The van der Waals surface area contributed by atoms with Crippen LogP contribution in [0.15, 0.2) is 36.4 Å². The number of nitrogens with zero attached hydrogens (tertiary/aromatic N) is 2. The van der Waals surface area contributed by atoms with Crippen LogP contribution in [0.2, 0.25) is 0 Å². The normalized spacial score (nSPS) is 16.2. The summed E-state index contributed by atoms with van der Waals surface area (Å²) in [5.74, 6) is -2.20. The van der Waals surface area contributed by atoms with Crippen molar-refractivity contribution in [1.82, 2.24) is 31.2 Å². The van der Waals surface area contributed by atoms with Crippen molar-refractivity contribution in [2.75, 3.05) is 44.6 Å². The molecule has 1 aromatic rings. The smallest absolute Gasteiger partial charge is 0.312 e. The first-order valence-electron chi connectivity index (χ1n) is 16.2. The summed E-state index contributed by atoms with van der Waals surface area (Å²) in [6.45, 7) is 7.86. The summed E-state index contributed by atoms with van der Waals surface area (Å²) in [5.41, 5.74) is 6.63. The largest absolute Gasteiger partial charge is 0.352 e. The molecule has 2 aliphatic rings. The maximum atomic E-state index is 13.4. The molecular weight excluding hydrogens is 608 g/mol. The van der Waals surface area contributed by atoms with Crippen LogP contribution in [0.1, 0.15) is 57.9 Å². The zero-order valence-corrected chi connectivity index (χ0v) is 27.2. The van der Waals surface area contributed by atoms with E-state index in [1.807, 2.05) is 17.2 Å². The van der Waals surface area contributed by atoms with E-state index in [9.17, 15) is 28.8 Å². The Balaban J connectivity index is 1.51. The number of hydrogen-bond donors (Lipinski definition) is 6. The number of nitrogens with one attached hydrogen (secondary N) is 5. The number of primary amides is 1. The van der Waals surface area contributed by atoms with Gasteiger partial charge in [0.1, 0.15) is 12.1 Å². The predicted molar refractivity (Wildman–Crippen MR) is 174 cm³/mol.